The highest BCUT2D eigenvalue weighted by Crippen LogP contribution is 2.20. The molecule has 3 rings (SSSR count). The number of hydrogen-bond donors (Lipinski definition) is 1. The maximum atomic E-state index is 12.5. The van der Waals surface area contributed by atoms with Crippen LogP contribution in [0.3, 0.4) is 0 Å². The Morgan fingerprint density at radius 2 is 1.96 bits per heavy atom. The number of rotatable bonds is 7. The number of carbonyl (C=O) groups is 1. The van der Waals surface area contributed by atoms with Crippen LogP contribution in [0.5, 0.6) is 5.75 Å². The highest BCUT2D eigenvalue weighted by atomic mass is 16.5. The molecule has 0 bridgehead atoms. The Morgan fingerprint density at radius 1 is 1.21 bits per heavy atom. The molecule has 1 aromatic carbocycles. The van der Waals surface area contributed by atoms with Gasteiger partial charge in [0.15, 0.2) is 0 Å². The van der Waals surface area contributed by atoms with Gasteiger partial charge in [0.1, 0.15) is 17.6 Å². The first-order chi connectivity index (χ1) is 13.5. The lowest BCUT2D eigenvalue weighted by Crippen LogP contribution is -2.38. The van der Waals surface area contributed by atoms with Gasteiger partial charge in [0.05, 0.1) is 12.8 Å². The smallest absolute Gasteiger partial charge is 0.267 e. The van der Waals surface area contributed by atoms with Crippen LogP contribution in [0.25, 0.3) is 11.3 Å². The molecule has 0 aliphatic heterocycles. The second-order valence-corrected chi connectivity index (χ2v) is 6.36. The summed E-state index contributed by atoms with van der Waals surface area (Å²) in [5.74, 6) is 1.35. The van der Waals surface area contributed by atoms with Gasteiger partial charge in [-0.25, -0.2) is 9.67 Å². The van der Waals surface area contributed by atoms with Crippen molar-refractivity contribution in [3.05, 3.63) is 65.0 Å². The number of aromatic nitrogens is 4. The van der Waals surface area contributed by atoms with Crippen LogP contribution in [-0.4, -0.2) is 38.9 Å². The van der Waals surface area contributed by atoms with E-state index in [1.807, 2.05) is 42.0 Å². The quantitative estimate of drug-likeness (QED) is 0.674. The highest BCUT2D eigenvalue weighted by Gasteiger charge is 2.17. The summed E-state index contributed by atoms with van der Waals surface area (Å²) in [7, 11) is 1.60. The van der Waals surface area contributed by atoms with E-state index >= 15 is 0 Å². The molecular weight excluding hydrogens is 358 g/mol. The molecule has 28 heavy (non-hydrogen) atoms. The van der Waals surface area contributed by atoms with Crippen molar-refractivity contribution in [1.82, 2.24) is 24.6 Å². The van der Waals surface area contributed by atoms with E-state index in [1.165, 1.54) is 10.7 Å². The summed E-state index contributed by atoms with van der Waals surface area (Å²) in [5.41, 5.74) is 1.11. The Balaban J connectivity index is 1.71. The van der Waals surface area contributed by atoms with Crippen molar-refractivity contribution in [2.45, 2.75) is 26.4 Å². The minimum atomic E-state index is -0.727. The van der Waals surface area contributed by atoms with Gasteiger partial charge in [-0.2, -0.15) is 5.10 Å². The second kappa shape index (κ2) is 8.51. The largest absolute Gasteiger partial charge is 0.497 e. The first-order valence-corrected chi connectivity index (χ1v) is 8.99. The average Bonchev–Trinajstić information content (AvgIpc) is 3.12. The molecule has 1 amide bonds. The minimum Gasteiger partial charge on any atom is -0.497 e. The maximum absolute atomic E-state index is 12.5. The lowest BCUT2D eigenvalue weighted by Gasteiger charge is -2.15. The second-order valence-electron chi connectivity index (χ2n) is 6.36. The van der Waals surface area contributed by atoms with Crippen LogP contribution in [-0.2, 0) is 11.3 Å². The van der Waals surface area contributed by atoms with Crippen molar-refractivity contribution in [1.29, 1.82) is 0 Å². The standard InChI is InChI=1S/C20H23N5O3/c1-14(20(27)22-11-13-24-12-10-21-15(24)2)25-19(26)9-8-18(23-25)16-4-6-17(28-3)7-5-16/h4-10,12,14H,11,13H2,1-3H3,(H,22,27). The third kappa shape index (κ3) is 4.28. The first-order valence-electron chi connectivity index (χ1n) is 8.99. The molecule has 0 fully saturated rings. The summed E-state index contributed by atoms with van der Waals surface area (Å²) in [6.07, 6.45) is 3.57. The number of nitrogens with one attached hydrogen (secondary N) is 1. The van der Waals surface area contributed by atoms with E-state index in [0.717, 1.165) is 17.1 Å². The third-order valence-electron chi connectivity index (χ3n) is 4.53. The fraction of sp³-hybridized carbons (Fsp3) is 0.300. The van der Waals surface area contributed by atoms with Crippen LogP contribution in [0.4, 0.5) is 0 Å². The van der Waals surface area contributed by atoms with Crippen molar-refractivity contribution in [3.8, 4) is 17.0 Å². The van der Waals surface area contributed by atoms with Gasteiger partial charge in [-0.15, -0.1) is 0 Å². The number of nitrogens with zero attached hydrogens (tertiary/aromatic N) is 4. The molecule has 3 aromatic rings. The van der Waals surface area contributed by atoms with Gasteiger partial charge in [0.25, 0.3) is 5.56 Å². The molecule has 0 aliphatic rings. The van der Waals surface area contributed by atoms with Crippen molar-refractivity contribution in [2.24, 2.45) is 0 Å². The summed E-state index contributed by atoms with van der Waals surface area (Å²) >= 11 is 0. The van der Waals surface area contributed by atoms with E-state index in [2.05, 4.69) is 15.4 Å². The predicted octanol–water partition coefficient (Wildman–Crippen LogP) is 1.80. The lowest BCUT2D eigenvalue weighted by molar-refractivity contribution is -0.124. The number of imidazole rings is 1. The molecule has 1 N–H and O–H groups in total. The Bertz CT molecular complexity index is 1010. The number of ether oxygens (including phenoxy) is 1. The van der Waals surface area contributed by atoms with Gasteiger partial charge in [0.2, 0.25) is 5.91 Å². The van der Waals surface area contributed by atoms with Crippen LogP contribution in [0.15, 0.2) is 53.6 Å². The van der Waals surface area contributed by atoms with E-state index in [9.17, 15) is 9.59 Å². The molecule has 1 atom stereocenters. The summed E-state index contributed by atoms with van der Waals surface area (Å²) in [6.45, 7) is 4.61. The molecule has 2 heterocycles. The van der Waals surface area contributed by atoms with Crippen molar-refractivity contribution in [2.75, 3.05) is 13.7 Å². The molecule has 2 aromatic heterocycles. The zero-order chi connectivity index (χ0) is 20.1. The van der Waals surface area contributed by atoms with Crippen LogP contribution >= 0.6 is 0 Å². The molecule has 146 valence electrons. The zero-order valence-corrected chi connectivity index (χ0v) is 16.1. The molecule has 1 unspecified atom stereocenters. The van der Waals surface area contributed by atoms with Crippen molar-refractivity contribution in [3.63, 3.8) is 0 Å². The Kier molecular flexibility index (Phi) is 5.88. The Morgan fingerprint density at radius 3 is 2.61 bits per heavy atom. The first kappa shape index (κ1) is 19.3. The fourth-order valence-corrected chi connectivity index (χ4v) is 2.82. The average molecular weight is 381 g/mol. The Labute approximate surface area is 162 Å². The van der Waals surface area contributed by atoms with E-state index in [1.54, 1.807) is 26.3 Å². The molecule has 8 nitrogen and oxygen atoms in total. The van der Waals surface area contributed by atoms with Crippen LogP contribution in [0, 0.1) is 6.92 Å². The number of benzene rings is 1. The molecule has 0 saturated heterocycles. The van der Waals surface area contributed by atoms with Crippen LogP contribution < -0.4 is 15.6 Å². The minimum absolute atomic E-state index is 0.265. The number of methoxy groups -OCH3 is 1. The van der Waals surface area contributed by atoms with E-state index in [4.69, 9.17) is 4.74 Å². The number of hydrogen-bond acceptors (Lipinski definition) is 5. The van der Waals surface area contributed by atoms with Gasteiger partial charge < -0.3 is 14.6 Å². The van der Waals surface area contributed by atoms with E-state index in [0.29, 0.717) is 18.8 Å². The van der Waals surface area contributed by atoms with Gasteiger partial charge >= 0.3 is 0 Å². The molecule has 0 saturated carbocycles. The van der Waals surface area contributed by atoms with E-state index < -0.39 is 6.04 Å². The SMILES string of the molecule is COc1ccc(-c2ccc(=O)n(C(C)C(=O)NCCn3ccnc3C)n2)cc1. The maximum Gasteiger partial charge on any atom is 0.267 e. The number of amides is 1. The summed E-state index contributed by atoms with van der Waals surface area (Å²) < 4.78 is 8.30. The van der Waals surface area contributed by atoms with Crippen LogP contribution in [0.2, 0.25) is 0 Å². The molecular formula is C20H23N5O3. The molecule has 0 spiro atoms. The monoisotopic (exact) mass is 381 g/mol. The molecule has 0 radical (unpaired) electrons. The van der Waals surface area contributed by atoms with Crippen molar-refractivity contribution >= 4 is 5.91 Å². The predicted molar refractivity (Wildman–Crippen MR) is 105 cm³/mol. The lowest BCUT2D eigenvalue weighted by atomic mass is 10.1. The summed E-state index contributed by atoms with van der Waals surface area (Å²) in [6, 6.07) is 9.69. The molecule has 8 heteroatoms. The highest BCUT2D eigenvalue weighted by molar-refractivity contribution is 5.79. The number of aryl methyl sites for hydroxylation is 1. The van der Waals surface area contributed by atoms with Crippen molar-refractivity contribution < 1.29 is 9.53 Å². The van der Waals surface area contributed by atoms with Gasteiger partial charge in [0, 0.05) is 37.1 Å². The fourth-order valence-electron chi connectivity index (χ4n) is 2.82. The topological polar surface area (TPSA) is 91.0 Å². The number of carbonyl (C=O) groups excluding carboxylic acids is 1. The van der Waals surface area contributed by atoms with Crippen LogP contribution in [0.1, 0.15) is 18.8 Å². The summed E-state index contributed by atoms with van der Waals surface area (Å²) in [5, 5.41) is 7.22. The third-order valence-corrected chi connectivity index (χ3v) is 4.53. The molecule has 0 aliphatic carbocycles. The van der Waals surface area contributed by atoms with E-state index in [-0.39, 0.29) is 11.5 Å². The summed E-state index contributed by atoms with van der Waals surface area (Å²) in [4.78, 5) is 28.9. The van der Waals surface area contributed by atoms with Gasteiger partial charge in [-0.3, -0.25) is 9.59 Å². The normalized spacial score (nSPS) is 11.8. The zero-order valence-electron chi connectivity index (χ0n) is 16.1. The Hall–Kier alpha value is -3.42. The van der Waals surface area contributed by atoms with Gasteiger partial charge in [-0.1, -0.05) is 0 Å². The van der Waals surface area contributed by atoms with Gasteiger partial charge in [-0.05, 0) is 44.2 Å².